The molecule has 4 heteroatoms. The Morgan fingerprint density at radius 1 is 1.50 bits per heavy atom. The molecule has 1 aromatic heterocycles. The van der Waals surface area contributed by atoms with Crippen LogP contribution in [0.3, 0.4) is 0 Å². The molecule has 1 amide bonds. The zero-order valence-electron chi connectivity index (χ0n) is 10.9. The van der Waals surface area contributed by atoms with Gasteiger partial charge in [-0.1, -0.05) is 12.8 Å². The Hall–Kier alpha value is -1.42. The first-order valence-electron chi connectivity index (χ1n) is 6.61. The SMILES string of the molecule is Cc1ccncc1CNC(=O)C1CCCCC1N. The van der Waals surface area contributed by atoms with Crippen molar-refractivity contribution in [3.63, 3.8) is 0 Å². The number of carbonyl (C=O) groups is 1. The summed E-state index contributed by atoms with van der Waals surface area (Å²) in [5, 5.41) is 2.98. The first kappa shape index (κ1) is 13.0. The maximum atomic E-state index is 12.1. The highest BCUT2D eigenvalue weighted by Gasteiger charge is 2.27. The van der Waals surface area contributed by atoms with Crippen molar-refractivity contribution < 1.29 is 4.79 Å². The van der Waals surface area contributed by atoms with Crippen molar-refractivity contribution in [2.75, 3.05) is 0 Å². The van der Waals surface area contributed by atoms with E-state index in [1.165, 1.54) is 0 Å². The van der Waals surface area contributed by atoms with Crippen LogP contribution in [0.25, 0.3) is 0 Å². The topological polar surface area (TPSA) is 68.0 Å². The van der Waals surface area contributed by atoms with E-state index in [4.69, 9.17) is 5.73 Å². The first-order chi connectivity index (χ1) is 8.68. The number of hydrogen-bond donors (Lipinski definition) is 2. The second kappa shape index (κ2) is 5.96. The van der Waals surface area contributed by atoms with E-state index in [9.17, 15) is 4.79 Å². The number of rotatable bonds is 3. The largest absolute Gasteiger partial charge is 0.352 e. The van der Waals surface area contributed by atoms with E-state index in [1.807, 2.05) is 13.0 Å². The van der Waals surface area contributed by atoms with Crippen LogP contribution >= 0.6 is 0 Å². The summed E-state index contributed by atoms with van der Waals surface area (Å²) in [4.78, 5) is 16.2. The molecule has 2 rings (SSSR count). The summed E-state index contributed by atoms with van der Waals surface area (Å²) in [5.74, 6) is 0.0705. The molecule has 1 saturated carbocycles. The molecule has 1 aromatic rings. The number of nitrogens with zero attached hydrogens (tertiary/aromatic N) is 1. The summed E-state index contributed by atoms with van der Waals surface area (Å²) >= 11 is 0. The van der Waals surface area contributed by atoms with Crippen LogP contribution in [0, 0.1) is 12.8 Å². The molecule has 4 nitrogen and oxygen atoms in total. The normalized spacial score (nSPS) is 23.7. The predicted octanol–water partition coefficient (Wildman–Crippen LogP) is 1.52. The van der Waals surface area contributed by atoms with E-state index in [1.54, 1.807) is 12.4 Å². The maximum absolute atomic E-state index is 12.1. The van der Waals surface area contributed by atoms with E-state index in [0.29, 0.717) is 6.54 Å². The number of pyridine rings is 1. The molecule has 18 heavy (non-hydrogen) atoms. The number of amides is 1. The molecule has 1 aliphatic rings. The number of carbonyl (C=O) groups excluding carboxylic acids is 1. The second-order valence-electron chi connectivity index (χ2n) is 5.07. The molecular weight excluding hydrogens is 226 g/mol. The van der Waals surface area contributed by atoms with Gasteiger partial charge in [-0.3, -0.25) is 9.78 Å². The fourth-order valence-corrected chi connectivity index (χ4v) is 2.48. The summed E-state index contributed by atoms with van der Waals surface area (Å²) in [6.07, 6.45) is 7.70. The van der Waals surface area contributed by atoms with Crippen LogP contribution < -0.4 is 11.1 Å². The second-order valence-corrected chi connectivity index (χ2v) is 5.07. The highest BCUT2D eigenvalue weighted by atomic mass is 16.1. The average molecular weight is 247 g/mol. The van der Waals surface area contributed by atoms with Crippen molar-refractivity contribution in [2.45, 2.75) is 45.2 Å². The van der Waals surface area contributed by atoms with Crippen molar-refractivity contribution in [3.8, 4) is 0 Å². The van der Waals surface area contributed by atoms with Gasteiger partial charge in [-0.25, -0.2) is 0 Å². The Labute approximate surface area is 108 Å². The van der Waals surface area contributed by atoms with E-state index in [0.717, 1.165) is 36.8 Å². The molecule has 1 aliphatic carbocycles. The summed E-state index contributed by atoms with van der Waals surface area (Å²) < 4.78 is 0. The summed E-state index contributed by atoms with van der Waals surface area (Å²) in [5.41, 5.74) is 8.22. The molecule has 0 radical (unpaired) electrons. The van der Waals surface area contributed by atoms with Crippen LogP contribution in [0.15, 0.2) is 18.5 Å². The maximum Gasteiger partial charge on any atom is 0.224 e. The van der Waals surface area contributed by atoms with E-state index < -0.39 is 0 Å². The van der Waals surface area contributed by atoms with Crippen molar-refractivity contribution >= 4 is 5.91 Å². The third-order valence-electron chi connectivity index (χ3n) is 3.76. The van der Waals surface area contributed by atoms with Gasteiger partial charge in [-0.05, 0) is 37.0 Å². The van der Waals surface area contributed by atoms with E-state index >= 15 is 0 Å². The number of aromatic nitrogens is 1. The third kappa shape index (κ3) is 3.07. The lowest BCUT2D eigenvalue weighted by molar-refractivity contribution is -0.126. The average Bonchev–Trinajstić information content (AvgIpc) is 2.38. The van der Waals surface area contributed by atoms with Crippen molar-refractivity contribution in [1.29, 1.82) is 0 Å². The molecule has 3 N–H and O–H groups in total. The van der Waals surface area contributed by atoms with E-state index in [2.05, 4.69) is 10.3 Å². The lowest BCUT2D eigenvalue weighted by Crippen LogP contribution is -2.43. The molecule has 2 unspecified atom stereocenters. The van der Waals surface area contributed by atoms with Crippen molar-refractivity contribution in [3.05, 3.63) is 29.6 Å². The third-order valence-corrected chi connectivity index (χ3v) is 3.76. The van der Waals surface area contributed by atoms with Gasteiger partial charge in [0.05, 0.1) is 5.92 Å². The first-order valence-corrected chi connectivity index (χ1v) is 6.61. The van der Waals surface area contributed by atoms with Gasteiger partial charge in [0.15, 0.2) is 0 Å². The van der Waals surface area contributed by atoms with Gasteiger partial charge in [-0.2, -0.15) is 0 Å². The minimum atomic E-state index is -0.0178. The predicted molar refractivity (Wildman–Crippen MR) is 70.8 cm³/mol. The Morgan fingerprint density at radius 3 is 3.00 bits per heavy atom. The minimum absolute atomic E-state index is 0.0178. The van der Waals surface area contributed by atoms with Crippen molar-refractivity contribution in [2.24, 2.45) is 11.7 Å². The molecule has 98 valence electrons. The van der Waals surface area contributed by atoms with Crippen LogP contribution in [0.5, 0.6) is 0 Å². The van der Waals surface area contributed by atoms with Gasteiger partial charge in [0.2, 0.25) is 5.91 Å². The zero-order chi connectivity index (χ0) is 13.0. The lowest BCUT2D eigenvalue weighted by Gasteiger charge is -2.27. The minimum Gasteiger partial charge on any atom is -0.352 e. The summed E-state index contributed by atoms with van der Waals surface area (Å²) in [6.45, 7) is 2.57. The molecule has 0 saturated heterocycles. The zero-order valence-corrected chi connectivity index (χ0v) is 10.9. The van der Waals surface area contributed by atoms with Crippen molar-refractivity contribution in [1.82, 2.24) is 10.3 Å². The Balaban J connectivity index is 1.90. The van der Waals surface area contributed by atoms with E-state index in [-0.39, 0.29) is 17.9 Å². The molecule has 0 spiro atoms. The van der Waals surface area contributed by atoms with Crippen LogP contribution in [0.2, 0.25) is 0 Å². The molecular formula is C14H21N3O. The van der Waals surface area contributed by atoms with Gasteiger partial charge in [0.25, 0.3) is 0 Å². The van der Waals surface area contributed by atoms with Gasteiger partial charge in [-0.15, -0.1) is 0 Å². The number of hydrogen-bond acceptors (Lipinski definition) is 3. The van der Waals surface area contributed by atoms with Gasteiger partial charge in [0, 0.05) is 25.0 Å². The Morgan fingerprint density at radius 2 is 2.28 bits per heavy atom. The van der Waals surface area contributed by atoms with Crippen LogP contribution in [-0.2, 0) is 11.3 Å². The van der Waals surface area contributed by atoms with Crippen LogP contribution in [0.4, 0.5) is 0 Å². The van der Waals surface area contributed by atoms with Gasteiger partial charge < -0.3 is 11.1 Å². The Bertz CT molecular complexity index is 419. The molecule has 0 aromatic carbocycles. The number of nitrogens with two attached hydrogens (primary N) is 1. The summed E-state index contributed by atoms with van der Waals surface area (Å²) in [7, 11) is 0. The fourth-order valence-electron chi connectivity index (χ4n) is 2.48. The fraction of sp³-hybridized carbons (Fsp3) is 0.571. The quantitative estimate of drug-likeness (QED) is 0.851. The molecule has 0 aliphatic heterocycles. The summed E-state index contributed by atoms with van der Waals surface area (Å²) in [6, 6.07) is 1.97. The molecule has 2 atom stereocenters. The lowest BCUT2D eigenvalue weighted by atomic mass is 9.84. The molecule has 1 fully saturated rings. The standard InChI is InChI=1S/C14H21N3O/c1-10-6-7-16-8-11(10)9-17-14(18)12-4-2-3-5-13(12)15/h6-8,12-13H,2-5,9,15H2,1H3,(H,17,18). The van der Waals surface area contributed by atoms with Crippen LogP contribution in [-0.4, -0.2) is 16.9 Å². The van der Waals surface area contributed by atoms with Gasteiger partial charge in [0.1, 0.15) is 0 Å². The Kier molecular flexibility index (Phi) is 4.31. The highest BCUT2D eigenvalue weighted by Crippen LogP contribution is 2.23. The van der Waals surface area contributed by atoms with Gasteiger partial charge >= 0.3 is 0 Å². The number of nitrogens with one attached hydrogen (secondary N) is 1. The molecule has 0 bridgehead atoms. The monoisotopic (exact) mass is 247 g/mol. The smallest absolute Gasteiger partial charge is 0.224 e. The number of aryl methyl sites for hydroxylation is 1. The highest BCUT2D eigenvalue weighted by molar-refractivity contribution is 5.79. The molecule has 1 heterocycles. The van der Waals surface area contributed by atoms with Crippen LogP contribution in [0.1, 0.15) is 36.8 Å².